The molecule has 0 spiro atoms. The molecule has 1 aliphatic heterocycles. The third-order valence-corrected chi connectivity index (χ3v) is 3.82. The van der Waals surface area contributed by atoms with Crippen LogP contribution in [0.4, 0.5) is 5.82 Å². The average Bonchev–Trinajstić information content (AvgIpc) is 3.01. The molecule has 102 valence electrons. The van der Waals surface area contributed by atoms with E-state index < -0.39 is 0 Å². The fourth-order valence-corrected chi connectivity index (χ4v) is 2.85. The van der Waals surface area contributed by atoms with Crippen molar-refractivity contribution in [3.8, 4) is 0 Å². The summed E-state index contributed by atoms with van der Waals surface area (Å²) in [6.45, 7) is 2.93. The van der Waals surface area contributed by atoms with Crippen molar-refractivity contribution in [2.24, 2.45) is 7.05 Å². The maximum Gasteiger partial charge on any atom is 0.183 e. The normalized spacial score (nSPS) is 18.0. The highest BCUT2D eigenvalue weighted by Crippen LogP contribution is 2.33. The van der Waals surface area contributed by atoms with Gasteiger partial charge in [-0.1, -0.05) is 0 Å². The lowest BCUT2D eigenvalue weighted by Gasteiger charge is -2.24. The predicted molar refractivity (Wildman–Crippen MR) is 76.7 cm³/mol. The Labute approximate surface area is 116 Å². The van der Waals surface area contributed by atoms with E-state index in [1.165, 1.54) is 5.56 Å². The van der Waals surface area contributed by atoms with Crippen LogP contribution in [0.5, 0.6) is 0 Å². The van der Waals surface area contributed by atoms with E-state index in [2.05, 4.69) is 37.4 Å². The number of aromatic nitrogens is 5. The quantitative estimate of drug-likeness (QED) is 0.732. The second kappa shape index (κ2) is 4.06. The molecule has 6 heteroatoms. The number of nitrogens with one attached hydrogen (secondary N) is 1. The molecular weight excluding hydrogens is 252 g/mol. The number of hydrogen-bond acceptors (Lipinski definition) is 4. The number of nitrogens with zero attached hydrogens (tertiary/aromatic N) is 5. The molecule has 0 aromatic carbocycles. The lowest BCUT2D eigenvalue weighted by molar-refractivity contribution is 0.484. The smallest absolute Gasteiger partial charge is 0.183 e. The third-order valence-electron chi connectivity index (χ3n) is 3.82. The number of anilines is 1. The molecule has 1 atom stereocenters. The van der Waals surface area contributed by atoms with Crippen LogP contribution in [0, 0.1) is 6.92 Å². The van der Waals surface area contributed by atoms with Crippen LogP contribution in [-0.4, -0.2) is 31.1 Å². The highest BCUT2D eigenvalue weighted by atomic mass is 15.4. The SMILES string of the molecule is Cc1ccc2c3n(nc2n1)C(c1cnn(C)c1)CCN3. The molecule has 1 N–H and O–H groups in total. The molecule has 3 aromatic rings. The van der Waals surface area contributed by atoms with Gasteiger partial charge in [0, 0.05) is 31.0 Å². The molecule has 20 heavy (non-hydrogen) atoms. The van der Waals surface area contributed by atoms with E-state index in [-0.39, 0.29) is 6.04 Å². The van der Waals surface area contributed by atoms with Gasteiger partial charge in [-0.3, -0.25) is 4.68 Å². The molecule has 3 aromatic heterocycles. The molecule has 0 radical (unpaired) electrons. The van der Waals surface area contributed by atoms with Crippen LogP contribution >= 0.6 is 0 Å². The first kappa shape index (κ1) is 11.5. The van der Waals surface area contributed by atoms with Crippen molar-refractivity contribution in [3.05, 3.63) is 35.8 Å². The second-order valence-corrected chi connectivity index (χ2v) is 5.30. The summed E-state index contributed by atoms with van der Waals surface area (Å²) in [5, 5.41) is 13.5. The molecule has 1 aliphatic rings. The minimum absolute atomic E-state index is 0.231. The van der Waals surface area contributed by atoms with Crippen LogP contribution in [0.25, 0.3) is 11.0 Å². The molecule has 6 nitrogen and oxygen atoms in total. The van der Waals surface area contributed by atoms with E-state index in [0.717, 1.165) is 35.5 Å². The second-order valence-electron chi connectivity index (χ2n) is 5.30. The van der Waals surface area contributed by atoms with Gasteiger partial charge in [0.1, 0.15) is 5.82 Å². The zero-order valence-electron chi connectivity index (χ0n) is 11.5. The maximum absolute atomic E-state index is 4.69. The van der Waals surface area contributed by atoms with Crippen LogP contribution in [-0.2, 0) is 7.05 Å². The molecule has 0 bridgehead atoms. The molecule has 0 amide bonds. The molecule has 0 aliphatic carbocycles. The number of rotatable bonds is 1. The van der Waals surface area contributed by atoms with E-state index in [1.54, 1.807) is 0 Å². The Kier molecular flexibility index (Phi) is 2.33. The Morgan fingerprint density at radius 1 is 1.35 bits per heavy atom. The fourth-order valence-electron chi connectivity index (χ4n) is 2.85. The zero-order chi connectivity index (χ0) is 13.7. The number of aryl methyl sites for hydroxylation is 2. The van der Waals surface area contributed by atoms with Gasteiger partial charge in [-0.05, 0) is 25.5 Å². The summed E-state index contributed by atoms with van der Waals surface area (Å²) in [7, 11) is 1.94. The summed E-state index contributed by atoms with van der Waals surface area (Å²) in [4.78, 5) is 4.52. The third kappa shape index (κ3) is 1.61. The predicted octanol–water partition coefficient (Wildman–Crippen LogP) is 1.88. The lowest BCUT2D eigenvalue weighted by atomic mass is 10.1. The summed E-state index contributed by atoms with van der Waals surface area (Å²) in [6.07, 6.45) is 4.99. The summed E-state index contributed by atoms with van der Waals surface area (Å²) in [6, 6.07) is 4.35. The molecule has 0 saturated carbocycles. The summed E-state index contributed by atoms with van der Waals surface area (Å²) in [5.41, 5.74) is 2.99. The van der Waals surface area contributed by atoms with Crippen molar-refractivity contribution in [2.45, 2.75) is 19.4 Å². The number of hydrogen-bond donors (Lipinski definition) is 1. The van der Waals surface area contributed by atoms with Crippen LogP contribution < -0.4 is 5.32 Å². The van der Waals surface area contributed by atoms with Gasteiger partial charge >= 0.3 is 0 Å². The molecule has 1 unspecified atom stereocenters. The van der Waals surface area contributed by atoms with Crippen LogP contribution in [0.1, 0.15) is 23.7 Å². The molecule has 0 saturated heterocycles. The summed E-state index contributed by atoms with van der Waals surface area (Å²) < 4.78 is 3.89. The van der Waals surface area contributed by atoms with E-state index in [1.807, 2.05) is 30.9 Å². The van der Waals surface area contributed by atoms with Crippen molar-refractivity contribution < 1.29 is 0 Å². The summed E-state index contributed by atoms with van der Waals surface area (Å²) >= 11 is 0. The Morgan fingerprint density at radius 2 is 2.25 bits per heavy atom. The molecular formula is C14H16N6. The van der Waals surface area contributed by atoms with Crippen molar-refractivity contribution in [1.29, 1.82) is 0 Å². The van der Waals surface area contributed by atoms with Crippen molar-refractivity contribution in [3.63, 3.8) is 0 Å². The monoisotopic (exact) mass is 268 g/mol. The Morgan fingerprint density at radius 3 is 3.05 bits per heavy atom. The highest BCUT2D eigenvalue weighted by Gasteiger charge is 2.25. The van der Waals surface area contributed by atoms with Crippen LogP contribution in [0.2, 0.25) is 0 Å². The highest BCUT2D eigenvalue weighted by molar-refractivity contribution is 5.88. The van der Waals surface area contributed by atoms with Gasteiger partial charge in [-0.2, -0.15) is 5.10 Å². The zero-order valence-corrected chi connectivity index (χ0v) is 11.5. The van der Waals surface area contributed by atoms with Crippen molar-refractivity contribution >= 4 is 16.9 Å². The standard InChI is InChI=1S/C14H16N6/c1-9-3-4-11-13(17-9)18-20-12(5-6-15-14(11)20)10-7-16-19(2)8-10/h3-4,7-8,12,15H,5-6H2,1-2H3. The van der Waals surface area contributed by atoms with Crippen molar-refractivity contribution in [2.75, 3.05) is 11.9 Å². The Bertz CT molecular complexity index is 784. The first-order valence-electron chi connectivity index (χ1n) is 6.80. The van der Waals surface area contributed by atoms with E-state index >= 15 is 0 Å². The lowest BCUT2D eigenvalue weighted by Crippen LogP contribution is -2.24. The largest absolute Gasteiger partial charge is 0.370 e. The van der Waals surface area contributed by atoms with Crippen molar-refractivity contribution in [1.82, 2.24) is 24.5 Å². The Balaban J connectivity index is 1.90. The van der Waals surface area contributed by atoms with E-state index in [9.17, 15) is 0 Å². The van der Waals surface area contributed by atoms with Gasteiger partial charge in [0.25, 0.3) is 0 Å². The minimum atomic E-state index is 0.231. The van der Waals surface area contributed by atoms with Gasteiger partial charge in [0.05, 0.1) is 17.6 Å². The Hall–Kier alpha value is -2.37. The number of fused-ring (bicyclic) bond motifs is 3. The average molecular weight is 268 g/mol. The number of pyridine rings is 1. The topological polar surface area (TPSA) is 60.6 Å². The fraction of sp³-hybridized carbons (Fsp3) is 0.357. The van der Waals surface area contributed by atoms with Gasteiger partial charge in [0.15, 0.2) is 5.65 Å². The van der Waals surface area contributed by atoms with Crippen LogP contribution in [0.3, 0.4) is 0 Å². The minimum Gasteiger partial charge on any atom is -0.370 e. The summed E-state index contributed by atoms with van der Waals surface area (Å²) in [5.74, 6) is 1.06. The first-order chi connectivity index (χ1) is 9.72. The molecule has 0 fully saturated rings. The molecule has 4 heterocycles. The van der Waals surface area contributed by atoms with E-state index in [4.69, 9.17) is 0 Å². The van der Waals surface area contributed by atoms with Crippen LogP contribution in [0.15, 0.2) is 24.5 Å². The van der Waals surface area contributed by atoms with Gasteiger partial charge in [-0.15, -0.1) is 5.10 Å². The first-order valence-corrected chi connectivity index (χ1v) is 6.80. The van der Waals surface area contributed by atoms with Gasteiger partial charge in [0.2, 0.25) is 0 Å². The van der Waals surface area contributed by atoms with E-state index in [0.29, 0.717) is 0 Å². The van der Waals surface area contributed by atoms with Gasteiger partial charge in [-0.25, -0.2) is 9.67 Å². The maximum atomic E-state index is 4.69. The molecule has 4 rings (SSSR count). The van der Waals surface area contributed by atoms with Gasteiger partial charge < -0.3 is 5.32 Å².